The summed E-state index contributed by atoms with van der Waals surface area (Å²) in [5.41, 5.74) is -1.18. The Balaban J connectivity index is 1.89. The number of aliphatic hydroxyl groups is 2. The van der Waals surface area contributed by atoms with Gasteiger partial charge in [0.2, 0.25) is 0 Å². The van der Waals surface area contributed by atoms with E-state index in [0.29, 0.717) is 12.8 Å². The molecule has 4 N–H and O–H groups in total. The SMILES string of the molecule is CC1(C)CC(=O)C(C=Nc2c(/N=C/C3=C(O)CC(C)(C)CC3=O)[nH][nH]c2=O)=C(O)C1. The predicted octanol–water partition coefficient (Wildman–Crippen LogP) is 3.51. The van der Waals surface area contributed by atoms with Gasteiger partial charge in [0.25, 0.3) is 5.56 Å². The lowest BCUT2D eigenvalue weighted by Crippen LogP contribution is -2.26. The highest BCUT2D eigenvalue weighted by Crippen LogP contribution is 2.36. The van der Waals surface area contributed by atoms with Crippen LogP contribution in [0.2, 0.25) is 0 Å². The van der Waals surface area contributed by atoms with Crippen LogP contribution in [-0.2, 0) is 9.59 Å². The molecule has 0 saturated carbocycles. The standard InChI is InChI=1S/C21H26N4O5/c1-20(2)5-13(26)11(14(27)6-20)9-22-17-18(24-25-19(17)30)23-10-12-15(28)7-21(3,4)8-16(12)29/h9-10,26,28H,5-8H2,1-4H3,(H2,24,25,30)/b22-9?,23-10+. The number of aliphatic hydroxyl groups excluding tert-OH is 2. The van der Waals surface area contributed by atoms with Crippen molar-refractivity contribution in [2.45, 2.75) is 53.4 Å². The minimum atomic E-state index is -0.573. The molecule has 0 radical (unpaired) electrons. The van der Waals surface area contributed by atoms with Crippen molar-refractivity contribution in [2.24, 2.45) is 20.8 Å². The van der Waals surface area contributed by atoms with Crippen LogP contribution in [0.15, 0.2) is 37.4 Å². The minimum absolute atomic E-state index is 0.0397. The summed E-state index contributed by atoms with van der Waals surface area (Å²) in [5, 5.41) is 25.3. The highest BCUT2D eigenvalue weighted by atomic mass is 16.3. The van der Waals surface area contributed by atoms with Gasteiger partial charge in [0.1, 0.15) is 11.5 Å². The molecule has 0 unspecified atom stereocenters. The van der Waals surface area contributed by atoms with E-state index < -0.39 is 5.56 Å². The number of carbonyl (C=O) groups excluding carboxylic acids is 2. The fraction of sp³-hybridized carbons (Fsp3) is 0.476. The summed E-state index contributed by atoms with van der Waals surface area (Å²) in [7, 11) is 0. The van der Waals surface area contributed by atoms with E-state index in [1.54, 1.807) is 0 Å². The van der Waals surface area contributed by atoms with Crippen LogP contribution in [0, 0.1) is 10.8 Å². The molecule has 0 saturated heterocycles. The van der Waals surface area contributed by atoms with Crippen LogP contribution in [0.25, 0.3) is 0 Å². The molecule has 2 aliphatic carbocycles. The molecule has 0 atom stereocenters. The third-order valence-corrected chi connectivity index (χ3v) is 5.17. The van der Waals surface area contributed by atoms with Crippen molar-refractivity contribution in [1.82, 2.24) is 10.2 Å². The molecule has 0 fully saturated rings. The van der Waals surface area contributed by atoms with Crippen LogP contribution >= 0.6 is 0 Å². The van der Waals surface area contributed by atoms with Crippen molar-refractivity contribution in [3.05, 3.63) is 33.0 Å². The van der Waals surface area contributed by atoms with Crippen molar-refractivity contribution < 1.29 is 19.8 Å². The molecular weight excluding hydrogens is 388 g/mol. The van der Waals surface area contributed by atoms with Gasteiger partial charge in [-0.3, -0.25) is 24.6 Å². The van der Waals surface area contributed by atoms with Crippen LogP contribution in [0.1, 0.15) is 53.4 Å². The van der Waals surface area contributed by atoms with Crippen molar-refractivity contribution in [2.75, 3.05) is 0 Å². The van der Waals surface area contributed by atoms with Crippen molar-refractivity contribution in [1.29, 1.82) is 0 Å². The fourth-order valence-corrected chi connectivity index (χ4v) is 3.71. The highest BCUT2D eigenvalue weighted by molar-refractivity contribution is 6.16. The van der Waals surface area contributed by atoms with Gasteiger partial charge in [-0.1, -0.05) is 27.7 Å². The number of hydrogen-bond acceptors (Lipinski definition) is 7. The normalized spacial score (nSPS) is 22.0. The lowest BCUT2D eigenvalue weighted by atomic mass is 9.77. The number of aliphatic imine (C=N–C) groups is 2. The molecule has 9 nitrogen and oxygen atoms in total. The Morgan fingerprint density at radius 1 is 0.767 bits per heavy atom. The zero-order chi connectivity index (χ0) is 22.3. The van der Waals surface area contributed by atoms with E-state index >= 15 is 0 Å². The lowest BCUT2D eigenvalue weighted by Gasteiger charge is -2.28. The van der Waals surface area contributed by atoms with Gasteiger partial charge in [-0.2, -0.15) is 0 Å². The van der Waals surface area contributed by atoms with E-state index in [4.69, 9.17) is 0 Å². The number of aromatic nitrogens is 2. The first kappa shape index (κ1) is 21.5. The molecule has 0 aliphatic heterocycles. The number of allylic oxidation sites excluding steroid dienone is 4. The number of H-pyrrole nitrogens is 2. The second-order valence-electron chi connectivity index (χ2n) is 9.40. The average molecular weight is 414 g/mol. The second-order valence-corrected chi connectivity index (χ2v) is 9.40. The molecule has 0 spiro atoms. The topological polar surface area (TPSA) is 148 Å². The van der Waals surface area contributed by atoms with Crippen molar-refractivity contribution >= 4 is 35.5 Å². The number of carbonyl (C=O) groups is 2. The molecule has 30 heavy (non-hydrogen) atoms. The number of nitrogens with one attached hydrogen (secondary N) is 2. The van der Waals surface area contributed by atoms with Gasteiger partial charge in [0.05, 0.1) is 11.1 Å². The third-order valence-electron chi connectivity index (χ3n) is 5.17. The smallest absolute Gasteiger partial charge is 0.292 e. The summed E-state index contributed by atoms with van der Waals surface area (Å²) in [4.78, 5) is 44.8. The number of ketones is 2. The summed E-state index contributed by atoms with van der Waals surface area (Å²) in [6, 6.07) is 0. The van der Waals surface area contributed by atoms with Gasteiger partial charge in [-0.05, 0) is 10.8 Å². The van der Waals surface area contributed by atoms with Crippen molar-refractivity contribution in [3.63, 3.8) is 0 Å². The minimum Gasteiger partial charge on any atom is -0.511 e. The predicted molar refractivity (Wildman–Crippen MR) is 113 cm³/mol. The fourth-order valence-electron chi connectivity index (χ4n) is 3.71. The molecule has 3 rings (SSSR count). The van der Waals surface area contributed by atoms with E-state index in [9.17, 15) is 24.6 Å². The van der Waals surface area contributed by atoms with Gasteiger partial charge in [0.15, 0.2) is 23.1 Å². The molecule has 160 valence electrons. The quantitative estimate of drug-likeness (QED) is 0.556. The molecule has 0 bridgehead atoms. The van der Waals surface area contributed by atoms with Crippen LogP contribution in [-0.4, -0.2) is 44.4 Å². The first-order chi connectivity index (χ1) is 13.9. The first-order valence-electron chi connectivity index (χ1n) is 9.68. The van der Waals surface area contributed by atoms with Crippen LogP contribution in [0.5, 0.6) is 0 Å². The van der Waals surface area contributed by atoms with Gasteiger partial charge >= 0.3 is 0 Å². The Hall–Kier alpha value is -3.23. The zero-order valence-electron chi connectivity index (χ0n) is 17.5. The Labute approximate surface area is 173 Å². The van der Waals surface area contributed by atoms with Crippen LogP contribution in [0.4, 0.5) is 11.5 Å². The Bertz CT molecular complexity index is 1080. The van der Waals surface area contributed by atoms with Gasteiger partial charge < -0.3 is 10.2 Å². The summed E-state index contributed by atoms with van der Waals surface area (Å²) in [5.74, 6) is -0.565. The number of rotatable bonds is 4. The molecule has 1 aromatic rings. The number of Topliss-reactive ketones (excluding diaryl/α,β-unsaturated/α-hetero) is 2. The van der Waals surface area contributed by atoms with E-state index in [-0.39, 0.29) is 69.4 Å². The maximum Gasteiger partial charge on any atom is 0.292 e. The van der Waals surface area contributed by atoms with Crippen LogP contribution < -0.4 is 5.56 Å². The summed E-state index contributed by atoms with van der Waals surface area (Å²) in [6.45, 7) is 7.56. The monoisotopic (exact) mass is 414 g/mol. The van der Waals surface area contributed by atoms with E-state index in [2.05, 4.69) is 20.2 Å². The molecule has 1 aromatic heterocycles. The van der Waals surface area contributed by atoms with E-state index in [0.717, 1.165) is 6.21 Å². The Morgan fingerprint density at radius 2 is 1.23 bits per heavy atom. The summed E-state index contributed by atoms with van der Waals surface area (Å²) < 4.78 is 0. The highest BCUT2D eigenvalue weighted by Gasteiger charge is 2.33. The Kier molecular flexibility index (Phi) is 5.40. The van der Waals surface area contributed by atoms with Gasteiger partial charge in [-0.15, -0.1) is 0 Å². The van der Waals surface area contributed by atoms with Crippen LogP contribution in [0.3, 0.4) is 0 Å². The largest absolute Gasteiger partial charge is 0.511 e. The Morgan fingerprint density at radius 3 is 1.70 bits per heavy atom. The summed E-state index contributed by atoms with van der Waals surface area (Å²) in [6.07, 6.45) is 3.59. The molecule has 9 heteroatoms. The summed E-state index contributed by atoms with van der Waals surface area (Å²) >= 11 is 0. The number of nitrogens with zero attached hydrogens (tertiary/aromatic N) is 2. The van der Waals surface area contributed by atoms with Gasteiger partial charge in [0, 0.05) is 38.1 Å². The zero-order valence-corrected chi connectivity index (χ0v) is 17.5. The molecule has 2 aliphatic rings. The van der Waals surface area contributed by atoms with Gasteiger partial charge in [-0.25, -0.2) is 9.98 Å². The first-order valence-corrected chi connectivity index (χ1v) is 9.68. The molecular formula is C21H26N4O5. The number of aromatic amines is 2. The average Bonchev–Trinajstić information content (AvgIpc) is 2.91. The lowest BCUT2D eigenvalue weighted by molar-refractivity contribution is -0.118. The third kappa shape index (κ3) is 4.50. The number of hydrogen-bond donors (Lipinski definition) is 4. The maximum absolute atomic E-state index is 12.3. The van der Waals surface area contributed by atoms with E-state index in [1.807, 2.05) is 27.7 Å². The molecule has 0 amide bonds. The molecule has 0 aromatic carbocycles. The van der Waals surface area contributed by atoms with Crippen molar-refractivity contribution in [3.8, 4) is 0 Å². The van der Waals surface area contributed by atoms with E-state index in [1.165, 1.54) is 6.21 Å². The molecule has 1 heterocycles. The second kappa shape index (κ2) is 7.55. The maximum atomic E-state index is 12.3.